The molecule has 0 radical (unpaired) electrons. The van der Waals surface area contributed by atoms with Crippen LogP contribution in [-0.4, -0.2) is 48.6 Å². The highest BCUT2D eigenvalue weighted by Crippen LogP contribution is 2.34. The van der Waals surface area contributed by atoms with Crippen LogP contribution in [0.1, 0.15) is 5.56 Å². The van der Waals surface area contributed by atoms with Crippen molar-refractivity contribution >= 4 is 11.6 Å². The highest BCUT2D eigenvalue weighted by Gasteiger charge is 2.14. The van der Waals surface area contributed by atoms with Crippen LogP contribution in [0.25, 0.3) is 0 Å². The van der Waals surface area contributed by atoms with Gasteiger partial charge in [-0.3, -0.25) is 4.99 Å². The van der Waals surface area contributed by atoms with Crippen LogP contribution in [0.4, 0.5) is 5.69 Å². The molecule has 0 unspecified atom stereocenters. The Labute approximate surface area is 165 Å². The van der Waals surface area contributed by atoms with E-state index in [1.807, 2.05) is 30.3 Å². The lowest BCUT2D eigenvalue weighted by Gasteiger charge is -2.17. The number of aliphatic imine (C=N–C) groups is 1. The maximum Gasteiger partial charge on any atom is 0.195 e. The van der Waals surface area contributed by atoms with Crippen molar-refractivity contribution in [3.63, 3.8) is 0 Å². The third-order valence-corrected chi connectivity index (χ3v) is 4.12. The molecule has 2 aromatic carbocycles. The molecule has 0 atom stereocenters. The first kappa shape index (κ1) is 21.0. The maximum absolute atomic E-state index is 5.48. The van der Waals surface area contributed by atoms with Crippen LogP contribution in [0.15, 0.2) is 35.3 Å². The zero-order chi connectivity index (χ0) is 20.5. The molecule has 0 aliphatic heterocycles. The standard InChI is InChI=1S/C20H27N3O5/c1-21-20(23-13-7-8-16(25-3)19(9-13)28-6)22-12-15-17(26-4)10-14(24-2)11-18(15)27-5/h7-11H,12H2,1-6H3,(H2,21,22,23). The van der Waals surface area contributed by atoms with Gasteiger partial charge in [0.1, 0.15) is 17.2 Å². The van der Waals surface area contributed by atoms with Gasteiger partial charge < -0.3 is 34.3 Å². The average molecular weight is 389 g/mol. The van der Waals surface area contributed by atoms with E-state index in [0.29, 0.717) is 41.3 Å². The van der Waals surface area contributed by atoms with Gasteiger partial charge in [-0.05, 0) is 12.1 Å². The molecule has 0 saturated carbocycles. The Hall–Kier alpha value is -3.29. The molecule has 28 heavy (non-hydrogen) atoms. The van der Waals surface area contributed by atoms with Gasteiger partial charge in [-0.15, -0.1) is 0 Å². The molecule has 0 heterocycles. The number of nitrogens with zero attached hydrogens (tertiary/aromatic N) is 1. The fraction of sp³-hybridized carbons (Fsp3) is 0.350. The monoisotopic (exact) mass is 389 g/mol. The second-order valence-corrected chi connectivity index (χ2v) is 5.63. The first-order valence-corrected chi connectivity index (χ1v) is 8.58. The van der Waals surface area contributed by atoms with Gasteiger partial charge in [-0.2, -0.15) is 0 Å². The van der Waals surface area contributed by atoms with Crippen molar-refractivity contribution in [2.24, 2.45) is 4.99 Å². The summed E-state index contributed by atoms with van der Waals surface area (Å²) in [6.07, 6.45) is 0. The van der Waals surface area contributed by atoms with Crippen LogP contribution >= 0.6 is 0 Å². The molecule has 2 N–H and O–H groups in total. The minimum absolute atomic E-state index is 0.434. The summed E-state index contributed by atoms with van der Waals surface area (Å²) in [6, 6.07) is 9.15. The van der Waals surface area contributed by atoms with Gasteiger partial charge in [-0.1, -0.05) is 0 Å². The van der Waals surface area contributed by atoms with Gasteiger partial charge in [0.2, 0.25) is 0 Å². The van der Waals surface area contributed by atoms with E-state index in [9.17, 15) is 0 Å². The smallest absolute Gasteiger partial charge is 0.195 e. The molecule has 152 valence electrons. The van der Waals surface area contributed by atoms with E-state index in [1.54, 1.807) is 42.6 Å². The number of hydrogen-bond acceptors (Lipinski definition) is 6. The molecule has 0 aliphatic rings. The summed E-state index contributed by atoms with van der Waals surface area (Å²) in [5, 5.41) is 6.47. The molecule has 8 nitrogen and oxygen atoms in total. The van der Waals surface area contributed by atoms with Gasteiger partial charge >= 0.3 is 0 Å². The molecule has 0 aromatic heterocycles. The lowest BCUT2D eigenvalue weighted by atomic mass is 10.1. The number of rotatable bonds is 8. The molecule has 0 aliphatic carbocycles. The van der Waals surface area contributed by atoms with Crippen molar-refractivity contribution in [3.8, 4) is 28.7 Å². The van der Waals surface area contributed by atoms with Crippen molar-refractivity contribution < 1.29 is 23.7 Å². The second-order valence-electron chi connectivity index (χ2n) is 5.63. The number of hydrogen-bond donors (Lipinski definition) is 2. The number of nitrogens with one attached hydrogen (secondary N) is 2. The van der Waals surface area contributed by atoms with Crippen LogP contribution in [0.3, 0.4) is 0 Å². The topological polar surface area (TPSA) is 82.6 Å². The van der Waals surface area contributed by atoms with E-state index < -0.39 is 0 Å². The predicted molar refractivity (Wildman–Crippen MR) is 109 cm³/mol. The fourth-order valence-corrected chi connectivity index (χ4v) is 2.65. The number of anilines is 1. The van der Waals surface area contributed by atoms with E-state index in [1.165, 1.54) is 0 Å². The Bertz CT molecular complexity index is 798. The quantitative estimate of drug-likeness (QED) is 0.531. The van der Waals surface area contributed by atoms with Crippen LogP contribution in [0, 0.1) is 0 Å². The Morgan fingerprint density at radius 1 is 0.786 bits per heavy atom. The van der Waals surface area contributed by atoms with Crippen molar-refractivity contribution in [1.82, 2.24) is 5.32 Å². The van der Waals surface area contributed by atoms with Crippen LogP contribution in [0.2, 0.25) is 0 Å². The van der Waals surface area contributed by atoms with Crippen molar-refractivity contribution in [2.45, 2.75) is 6.54 Å². The number of ether oxygens (including phenoxy) is 5. The van der Waals surface area contributed by atoms with Gasteiger partial charge in [0.25, 0.3) is 0 Å². The third-order valence-electron chi connectivity index (χ3n) is 4.12. The van der Waals surface area contributed by atoms with Crippen molar-refractivity contribution in [2.75, 3.05) is 47.9 Å². The largest absolute Gasteiger partial charge is 0.496 e. The number of guanidine groups is 1. The molecule has 8 heteroatoms. The molecular formula is C20H27N3O5. The normalized spacial score (nSPS) is 10.9. The van der Waals surface area contributed by atoms with E-state index >= 15 is 0 Å². The lowest BCUT2D eigenvalue weighted by molar-refractivity contribution is 0.355. The number of methoxy groups -OCH3 is 5. The van der Waals surface area contributed by atoms with Gasteiger partial charge in [0.05, 0.1) is 47.7 Å². The summed E-state index contributed by atoms with van der Waals surface area (Å²) in [6.45, 7) is 0.434. The SMILES string of the molecule is CN=C(NCc1c(OC)cc(OC)cc1OC)Nc1ccc(OC)c(OC)c1. The Kier molecular flexibility index (Phi) is 7.62. The average Bonchev–Trinajstić information content (AvgIpc) is 2.75. The summed E-state index contributed by atoms with van der Waals surface area (Å²) in [5.41, 5.74) is 1.65. The van der Waals surface area contributed by atoms with Gasteiger partial charge in [0.15, 0.2) is 17.5 Å². The van der Waals surface area contributed by atoms with Gasteiger partial charge in [0, 0.05) is 30.9 Å². The van der Waals surface area contributed by atoms with E-state index in [0.717, 1.165) is 11.3 Å². The molecule has 0 bridgehead atoms. The minimum Gasteiger partial charge on any atom is -0.496 e. The Morgan fingerprint density at radius 2 is 1.39 bits per heavy atom. The molecule has 2 rings (SSSR count). The zero-order valence-electron chi connectivity index (χ0n) is 17.1. The van der Waals surface area contributed by atoms with Gasteiger partial charge in [-0.25, -0.2) is 0 Å². The zero-order valence-corrected chi connectivity index (χ0v) is 17.1. The van der Waals surface area contributed by atoms with Crippen LogP contribution in [0.5, 0.6) is 28.7 Å². The Balaban J connectivity index is 2.17. The van der Waals surface area contributed by atoms with Crippen LogP contribution < -0.4 is 34.3 Å². The maximum atomic E-state index is 5.48. The van der Waals surface area contributed by atoms with Crippen LogP contribution in [-0.2, 0) is 6.54 Å². The molecule has 0 saturated heterocycles. The van der Waals surface area contributed by atoms with E-state index in [2.05, 4.69) is 15.6 Å². The minimum atomic E-state index is 0.434. The molecule has 0 fully saturated rings. The van der Waals surface area contributed by atoms with Crippen molar-refractivity contribution in [3.05, 3.63) is 35.9 Å². The summed E-state index contributed by atoms with van der Waals surface area (Å²) in [4.78, 5) is 4.26. The predicted octanol–water partition coefficient (Wildman–Crippen LogP) is 2.92. The highest BCUT2D eigenvalue weighted by molar-refractivity contribution is 5.93. The fourth-order valence-electron chi connectivity index (χ4n) is 2.65. The summed E-state index contributed by atoms with van der Waals surface area (Å²) in [5.74, 6) is 3.83. The first-order valence-electron chi connectivity index (χ1n) is 8.58. The van der Waals surface area contributed by atoms with E-state index in [-0.39, 0.29) is 0 Å². The third kappa shape index (κ3) is 4.91. The molecule has 0 amide bonds. The summed E-state index contributed by atoms with van der Waals surface area (Å²) >= 11 is 0. The first-order chi connectivity index (χ1) is 13.6. The Morgan fingerprint density at radius 3 is 1.89 bits per heavy atom. The molecular weight excluding hydrogens is 362 g/mol. The molecule has 2 aromatic rings. The number of benzene rings is 2. The lowest BCUT2D eigenvalue weighted by Crippen LogP contribution is -2.30. The second kappa shape index (κ2) is 10.1. The molecule has 0 spiro atoms. The highest BCUT2D eigenvalue weighted by atomic mass is 16.5. The van der Waals surface area contributed by atoms with E-state index in [4.69, 9.17) is 23.7 Å². The van der Waals surface area contributed by atoms with Crippen molar-refractivity contribution in [1.29, 1.82) is 0 Å². The summed E-state index contributed by atoms with van der Waals surface area (Å²) in [7, 11) is 9.69. The summed E-state index contributed by atoms with van der Waals surface area (Å²) < 4.78 is 26.8.